The highest BCUT2D eigenvalue weighted by Crippen LogP contribution is 2.49. The number of ether oxygens (including phenoxy) is 2. The summed E-state index contributed by atoms with van der Waals surface area (Å²) in [6.07, 6.45) is 0. The zero-order chi connectivity index (χ0) is 25.0. The largest absolute Gasteiger partial charge is 0.497 e. The van der Waals surface area contributed by atoms with Crippen molar-refractivity contribution in [2.24, 2.45) is 0 Å². The maximum Gasteiger partial charge on any atom is 0.283 e. The van der Waals surface area contributed by atoms with E-state index >= 15 is 0 Å². The second-order valence-corrected chi connectivity index (χ2v) is 8.90. The summed E-state index contributed by atoms with van der Waals surface area (Å²) in [6.45, 7) is 1.99. The van der Waals surface area contributed by atoms with E-state index in [1.54, 1.807) is 16.8 Å². The molecule has 180 valence electrons. The van der Waals surface area contributed by atoms with Gasteiger partial charge in [-0.15, -0.1) is 0 Å². The minimum atomic E-state index is -1.55. The van der Waals surface area contributed by atoms with Crippen LogP contribution in [0.15, 0.2) is 72.8 Å². The molecule has 0 fully saturated rings. The van der Waals surface area contributed by atoms with Crippen molar-refractivity contribution in [1.29, 1.82) is 0 Å². The Morgan fingerprint density at radius 1 is 0.917 bits per heavy atom. The van der Waals surface area contributed by atoms with E-state index in [0.717, 1.165) is 28.2 Å². The first-order valence-electron chi connectivity index (χ1n) is 11.6. The van der Waals surface area contributed by atoms with Gasteiger partial charge in [-0.05, 0) is 30.7 Å². The number of anilines is 1. The minimum Gasteiger partial charge on any atom is -0.497 e. The molecule has 6 rings (SSSR count). The zero-order valence-electron chi connectivity index (χ0n) is 20.1. The fourth-order valence-electron chi connectivity index (χ4n) is 5.18. The summed E-state index contributed by atoms with van der Waals surface area (Å²) in [4.78, 5) is 29.7. The molecule has 0 aliphatic carbocycles. The van der Waals surface area contributed by atoms with E-state index in [2.05, 4.69) is 5.32 Å². The number of aromatic nitrogens is 2. The average Bonchev–Trinajstić information content (AvgIpc) is 3.32. The van der Waals surface area contributed by atoms with E-state index in [-0.39, 0.29) is 6.54 Å². The van der Waals surface area contributed by atoms with E-state index in [4.69, 9.17) is 14.6 Å². The number of nitrogens with zero attached hydrogens (tertiary/aromatic N) is 3. The van der Waals surface area contributed by atoms with Crippen molar-refractivity contribution in [2.75, 3.05) is 19.5 Å². The average molecular weight is 481 g/mol. The number of rotatable bonds is 4. The van der Waals surface area contributed by atoms with Crippen LogP contribution in [0.3, 0.4) is 0 Å². The molecule has 1 atom stereocenters. The number of methoxy groups -OCH3 is 2. The lowest BCUT2D eigenvalue weighted by Crippen LogP contribution is -2.62. The van der Waals surface area contributed by atoms with Crippen LogP contribution in [0, 0.1) is 6.92 Å². The minimum absolute atomic E-state index is 0.109. The number of aryl methyl sites for hydroxylation is 1. The van der Waals surface area contributed by atoms with Crippen LogP contribution in [-0.2, 0) is 17.0 Å². The summed E-state index contributed by atoms with van der Waals surface area (Å²) in [6, 6.07) is 22.5. The summed E-state index contributed by atoms with van der Waals surface area (Å²) in [5.41, 5.74) is 3.20. The smallest absolute Gasteiger partial charge is 0.283 e. The lowest BCUT2D eigenvalue weighted by Gasteiger charge is -2.46. The van der Waals surface area contributed by atoms with Crippen molar-refractivity contribution in [1.82, 2.24) is 14.7 Å². The first-order valence-corrected chi connectivity index (χ1v) is 11.6. The number of fused-ring (bicyclic) bond motifs is 6. The van der Waals surface area contributed by atoms with Crippen LogP contribution in [-0.4, -0.2) is 40.7 Å². The molecule has 2 aliphatic rings. The van der Waals surface area contributed by atoms with Gasteiger partial charge in [0.15, 0.2) is 0 Å². The molecule has 2 aliphatic heterocycles. The lowest BCUT2D eigenvalue weighted by molar-refractivity contribution is -0.136. The maximum absolute atomic E-state index is 14.6. The molecule has 3 aromatic carbocycles. The number of hydrogen-bond acceptors (Lipinski definition) is 6. The summed E-state index contributed by atoms with van der Waals surface area (Å²) >= 11 is 0. The van der Waals surface area contributed by atoms with Gasteiger partial charge in [0.25, 0.3) is 11.8 Å². The molecule has 1 aromatic heterocycles. The van der Waals surface area contributed by atoms with Gasteiger partial charge in [-0.3, -0.25) is 14.5 Å². The third-order valence-electron chi connectivity index (χ3n) is 6.77. The lowest BCUT2D eigenvalue weighted by atomic mass is 9.84. The van der Waals surface area contributed by atoms with Crippen LogP contribution in [0.1, 0.15) is 27.2 Å². The molecular formula is C28H24N4O4. The highest BCUT2D eigenvalue weighted by Gasteiger charge is 2.57. The topological polar surface area (TPSA) is 85.7 Å². The molecule has 3 heterocycles. The molecule has 4 aromatic rings. The van der Waals surface area contributed by atoms with Gasteiger partial charge in [0.05, 0.1) is 43.3 Å². The number of amides is 2. The molecule has 0 saturated carbocycles. The van der Waals surface area contributed by atoms with Crippen LogP contribution in [0.5, 0.6) is 11.5 Å². The molecular weight excluding hydrogens is 456 g/mol. The Morgan fingerprint density at radius 2 is 1.67 bits per heavy atom. The van der Waals surface area contributed by atoms with Crippen molar-refractivity contribution >= 4 is 17.5 Å². The van der Waals surface area contributed by atoms with Crippen LogP contribution < -0.4 is 14.8 Å². The number of benzene rings is 3. The van der Waals surface area contributed by atoms with Crippen LogP contribution >= 0.6 is 0 Å². The van der Waals surface area contributed by atoms with Crippen LogP contribution in [0.25, 0.3) is 11.3 Å². The number of carbonyl (C=O) groups excluding carboxylic acids is 2. The van der Waals surface area contributed by atoms with Crippen molar-refractivity contribution in [3.63, 3.8) is 0 Å². The number of carbonyl (C=O) groups is 2. The molecule has 0 radical (unpaired) electrons. The predicted molar refractivity (Wildman–Crippen MR) is 134 cm³/mol. The molecule has 1 N–H and O–H groups in total. The van der Waals surface area contributed by atoms with Gasteiger partial charge in [0, 0.05) is 17.3 Å². The number of para-hydroxylation sites is 1. The van der Waals surface area contributed by atoms with Crippen LogP contribution in [0.2, 0.25) is 0 Å². The first kappa shape index (κ1) is 21.9. The van der Waals surface area contributed by atoms with Crippen molar-refractivity contribution in [2.45, 2.75) is 19.1 Å². The molecule has 36 heavy (non-hydrogen) atoms. The first-order chi connectivity index (χ1) is 17.5. The molecule has 8 nitrogen and oxygen atoms in total. The van der Waals surface area contributed by atoms with Crippen molar-refractivity contribution in [3.05, 3.63) is 95.2 Å². The van der Waals surface area contributed by atoms with Gasteiger partial charge in [0.1, 0.15) is 11.5 Å². The van der Waals surface area contributed by atoms with Crippen molar-refractivity contribution in [3.8, 4) is 22.8 Å². The van der Waals surface area contributed by atoms with Gasteiger partial charge in [0.2, 0.25) is 5.66 Å². The summed E-state index contributed by atoms with van der Waals surface area (Å²) in [7, 11) is 3.04. The molecule has 8 heteroatoms. The Morgan fingerprint density at radius 3 is 2.42 bits per heavy atom. The van der Waals surface area contributed by atoms with Crippen molar-refractivity contribution < 1.29 is 19.1 Å². The Bertz CT molecular complexity index is 1530. The Balaban J connectivity index is 1.68. The standard InChI is InChI=1S/C28H24N4O4/c1-17-13-23-20-11-7-8-12-22(20)29-28(32(23)30-17)25-21(14-19(35-2)15-24(25)36-3)26(33)31(27(28)34)16-18-9-5-4-6-10-18/h4-15,29H,16H2,1-3H3. The second-order valence-electron chi connectivity index (χ2n) is 8.90. The Kier molecular flexibility index (Phi) is 4.86. The van der Waals surface area contributed by atoms with Gasteiger partial charge < -0.3 is 14.8 Å². The van der Waals surface area contributed by atoms with E-state index in [1.165, 1.54) is 19.1 Å². The number of imide groups is 1. The second kappa shape index (κ2) is 7.98. The van der Waals surface area contributed by atoms with E-state index in [9.17, 15) is 9.59 Å². The summed E-state index contributed by atoms with van der Waals surface area (Å²) < 4.78 is 12.9. The highest BCUT2D eigenvalue weighted by atomic mass is 16.5. The Labute approximate surface area is 208 Å². The SMILES string of the molecule is COc1cc(OC)c2c(c1)C(=O)N(Cc1ccccc1)C(=O)C21Nc2ccccc2-c2cc(C)nn21. The van der Waals surface area contributed by atoms with Gasteiger partial charge >= 0.3 is 0 Å². The monoisotopic (exact) mass is 480 g/mol. The normalized spacial score (nSPS) is 17.8. The third-order valence-corrected chi connectivity index (χ3v) is 6.77. The third kappa shape index (κ3) is 2.97. The quantitative estimate of drug-likeness (QED) is 0.441. The van der Waals surface area contributed by atoms with Gasteiger partial charge in [-0.1, -0.05) is 48.5 Å². The van der Waals surface area contributed by atoms with Gasteiger partial charge in [-0.25, -0.2) is 4.68 Å². The van der Waals surface area contributed by atoms with E-state index in [1.807, 2.05) is 67.6 Å². The highest BCUT2D eigenvalue weighted by molar-refractivity contribution is 6.15. The fraction of sp³-hybridized carbons (Fsp3) is 0.179. The molecule has 2 amide bonds. The van der Waals surface area contributed by atoms with E-state index < -0.39 is 17.5 Å². The van der Waals surface area contributed by atoms with Gasteiger partial charge in [-0.2, -0.15) is 5.10 Å². The molecule has 0 bridgehead atoms. The number of nitrogens with one attached hydrogen (secondary N) is 1. The van der Waals surface area contributed by atoms with E-state index in [0.29, 0.717) is 22.6 Å². The predicted octanol–water partition coefficient (Wildman–Crippen LogP) is 4.18. The van der Waals surface area contributed by atoms with Crippen LogP contribution in [0.4, 0.5) is 5.69 Å². The summed E-state index contributed by atoms with van der Waals surface area (Å²) in [5, 5.41) is 8.24. The summed E-state index contributed by atoms with van der Waals surface area (Å²) in [5.74, 6) is -0.0495. The molecule has 1 unspecified atom stereocenters. The molecule has 1 spiro atoms. The zero-order valence-corrected chi connectivity index (χ0v) is 20.1. The fourth-order valence-corrected chi connectivity index (χ4v) is 5.18. The maximum atomic E-state index is 14.6. The Hall–Kier alpha value is -4.59. The molecule has 0 saturated heterocycles. The number of hydrogen-bond donors (Lipinski definition) is 1.